The Morgan fingerprint density at radius 3 is 2.41 bits per heavy atom. The number of esters is 1. The van der Waals surface area contributed by atoms with E-state index in [0.29, 0.717) is 5.56 Å². The zero-order chi connectivity index (χ0) is 16.1. The number of carbonyl (C=O) groups excluding carboxylic acids is 3. The van der Waals surface area contributed by atoms with Crippen LogP contribution in [0.5, 0.6) is 0 Å². The molecule has 0 radical (unpaired) electrons. The number of carbonyl (C=O) groups is 3. The standard InChI is InChI=1S/C16H14Cl2O4/c17-9-12(18)16(15(21)11-4-2-1-3-5-11)22-14(20)8-13(19)10-6-7-10/h1-5,9-10,16H,6-8H2. The fourth-order valence-corrected chi connectivity index (χ4v) is 2.17. The Balaban J connectivity index is 2.07. The van der Waals surface area contributed by atoms with Gasteiger partial charge < -0.3 is 4.74 Å². The van der Waals surface area contributed by atoms with Crippen LogP contribution in [0.4, 0.5) is 0 Å². The van der Waals surface area contributed by atoms with Gasteiger partial charge in [-0.15, -0.1) is 0 Å². The highest BCUT2D eigenvalue weighted by molar-refractivity contribution is 6.38. The van der Waals surface area contributed by atoms with Gasteiger partial charge in [-0.05, 0) is 12.8 Å². The molecule has 0 N–H and O–H groups in total. The average molecular weight is 341 g/mol. The van der Waals surface area contributed by atoms with E-state index < -0.39 is 17.9 Å². The molecule has 1 aromatic carbocycles. The maximum absolute atomic E-state index is 12.4. The molecule has 2 rings (SSSR count). The van der Waals surface area contributed by atoms with Crippen molar-refractivity contribution in [1.29, 1.82) is 0 Å². The molecular formula is C16H14Cl2O4. The van der Waals surface area contributed by atoms with Crippen LogP contribution in [-0.2, 0) is 14.3 Å². The molecule has 1 aliphatic rings. The van der Waals surface area contributed by atoms with Gasteiger partial charge in [0, 0.05) is 17.0 Å². The maximum atomic E-state index is 12.4. The molecule has 4 nitrogen and oxygen atoms in total. The van der Waals surface area contributed by atoms with Crippen LogP contribution in [0.15, 0.2) is 40.9 Å². The Morgan fingerprint density at radius 2 is 1.86 bits per heavy atom. The zero-order valence-corrected chi connectivity index (χ0v) is 13.1. The monoisotopic (exact) mass is 340 g/mol. The number of halogens is 2. The van der Waals surface area contributed by atoms with Gasteiger partial charge in [-0.25, -0.2) is 0 Å². The van der Waals surface area contributed by atoms with Crippen molar-refractivity contribution in [2.75, 3.05) is 0 Å². The molecule has 0 bridgehead atoms. The molecule has 0 spiro atoms. The third-order valence-corrected chi connectivity index (χ3v) is 3.91. The fraction of sp³-hybridized carbons (Fsp3) is 0.312. The second-order valence-electron chi connectivity index (χ2n) is 5.01. The average Bonchev–Trinajstić information content (AvgIpc) is 3.37. The zero-order valence-electron chi connectivity index (χ0n) is 11.6. The van der Waals surface area contributed by atoms with Crippen molar-refractivity contribution in [3.8, 4) is 0 Å². The summed E-state index contributed by atoms with van der Waals surface area (Å²) in [5.41, 5.74) is 1.31. The molecule has 6 heteroatoms. The van der Waals surface area contributed by atoms with Crippen LogP contribution >= 0.6 is 23.2 Å². The lowest BCUT2D eigenvalue weighted by Crippen LogP contribution is -2.29. The van der Waals surface area contributed by atoms with E-state index in [4.69, 9.17) is 27.9 Å². The maximum Gasteiger partial charge on any atom is 0.314 e. The highest BCUT2D eigenvalue weighted by Gasteiger charge is 2.33. The lowest BCUT2D eigenvalue weighted by atomic mass is 10.1. The summed E-state index contributed by atoms with van der Waals surface area (Å²) in [7, 11) is 0. The van der Waals surface area contributed by atoms with Crippen molar-refractivity contribution >= 4 is 40.7 Å². The molecule has 1 aromatic rings. The highest BCUT2D eigenvalue weighted by atomic mass is 35.5. The number of ether oxygens (including phenoxy) is 1. The van der Waals surface area contributed by atoms with Gasteiger partial charge >= 0.3 is 5.97 Å². The van der Waals surface area contributed by atoms with E-state index in [1.54, 1.807) is 30.3 Å². The summed E-state index contributed by atoms with van der Waals surface area (Å²) in [4.78, 5) is 35.8. The summed E-state index contributed by atoms with van der Waals surface area (Å²) < 4.78 is 5.07. The van der Waals surface area contributed by atoms with E-state index in [1.165, 1.54) is 0 Å². The van der Waals surface area contributed by atoms with Crippen LogP contribution in [-0.4, -0.2) is 23.6 Å². The molecule has 0 saturated heterocycles. The number of hydrogen-bond donors (Lipinski definition) is 0. The molecule has 1 atom stereocenters. The van der Waals surface area contributed by atoms with E-state index in [-0.39, 0.29) is 23.2 Å². The van der Waals surface area contributed by atoms with Gasteiger partial charge in [0.25, 0.3) is 0 Å². The van der Waals surface area contributed by atoms with E-state index in [1.807, 2.05) is 0 Å². The van der Waals surface area contributed by atoms with Gasteiger partial charge in [-0.1, -0.05) is 53.5 Å². The normalized spacial score (nSPS) is 16.0. The summed E-state index contributed by atoms with van der Waals surface area (Å²) in [5, 5.41) is -0.109. The number of benzene rings is 1. The Labute approximate surface area is 138 Å². The molecule has 0 aromatic heterocycles. The molecule has 0 aliphatic heterocycles. The second kappa shape index (κ2) is 7.56. The molecular weight excluding hydrogens is 327 g/mol. The van der Waals surface area contributed by atoms with Crippen molar-refractivity contribution < 1.29 is 19.1 Å². The largest absolute Gasteiger partial charge is 0.448 e. The van der Waals surface area contributed by atoms with Crippen molar-refractivity contribution in [2.24, 2.45) is 5.92 Å². The minimum Gasteiger partial charge on any atom is -0.448 e. The summed E-state index contributed by atoms with van der Waals surface area (Å²) in [6.45, 7) is 0. The number of hydrogen-bond acceptors (Lipinski definition) is 4. The Bertz CT molecular complexity index is 606. The van der Waals surface area contributed by atoms with Gasteiger partial charge in [-0.3, -0.25) is 14.4 Å². The number of Topliss-reactive ketones (excluding diaryl/α,β-unsaturated/α-hetero) is 2. The van der Waals surface area contributed by atoms with Crippen molar-refractivity contribution in [2.45, 2.75) is 25.4 Å². The summed E-state index contributed by atoms with van der Waals surface area (Å²) in [5.74, 6) is -1.48. The Hall–Kier alpha value is -1.65. The van der Waals surface area contributed by atoms with Crippen molar-refractivity contribution in [3.05, 3.63) is 46.5 Å². The van der Waals surface area contributed by atoms with E-state index in [2.05, 4.69) is 0 Å². The van der Waals surface area contributed by atoms with Crippen LogP contribution in [0.3, 0.4) is 0 Å². The van der Waals surface area contributed by atoms with Crippen LogP contribution in [0.25, 0.3) is 0 Å². The molecule has 1 aliphatic carbocycles. The first-order chi connectivity index (χ1) is 10.5. The van der Waals surface area contributed by atoms with Gasteiger partial charge in [0.1, 0.15) is 12.2 Å². The minimum absolute atomic E-state index is 0.0464. The highest BCUT2D eigenvalue weighted by Crippen LogP contribution is 2.31. The summed E-state index contributed by atoms with van der Waals surface area (Å²) in [6.07, 6.45) is -0.0711. The van der Waals surface area contributed by atoms with Crippen LogP contribution in [0.2, 0.25) is 0 Å². The first kappa shape index (κ1) is 16.7. The predicted octanol–water partition coefficient (Wildman–Crippen LogP) is 3.47. The van der Waals surface area contributed by atoms with Gasteiger partial charge in [0.05, 0.1) is 5.03 Å². The van der Waals surface area contributed by atoms with Gasteiger partial charge in [0.2, 0.25) is 11.9 Å². The summed E-state index contributed by atoms with van der Waals surface area (Å²) in [6, 6.07) is 8.28. The minimum atomic E-state index is -1.33. The summed E-state index contributed by atoms with van der Waals surface area (Å²) >= 11 is 11.4. The molecule has 22 heavy (non-hydrogen) atoms. The van der Waals surface area contributed by atoms with Crippen LogP contribution in [0.1, 0.15) is 29.6 Å². The van der Waals surface area contributed by atoms with Crippen molar-refractivity contribution in [1.82, 2.24) is 0 Å². The fourth-order valence-electron chi connectivity index (χ4n) is 1.91. The first-order valence-corrected chi connectivity index (χ1v) is 7.61. The molecule has 0 heterocycles. The van der Waals surface area contributed by atoms with E-state index >= 15 is 0 Å². The molecule has 1 saturated carbocycles. The lowest BCUT2D eigenvalue weighted by molar-refractivity contribution is -0.147. The molecule has 0 amide bonds. The first-order valence-electron chi connectivity index (χ1n) is 6.80. The lowest BCUT2D eigenvalue weighted by Gasteiger charge is -2.15. The third kappa shape index (κ3) is 4.42. The van der Waals surface area contributed by atoms with Gasteiger partial charge in [-0.2, -0.15) is 0 Å². The van der Waals surface area contributed by atoms with Crippen molar-refractivity contribution in [3.63, 3.8) is 0 Å². The molecule has 116 valence electrons. The number of ketones is 2. The predicted molar refractivity (Wildman–Crippen MR) is 82.8 cm³/mol. The second-order valence-corrected chi connectivity index (χ2v) is 5.67. The quantitative estimate of drug-likeness (QED) is 0.433. The van der Waals surface area contributed by atoms with E-state index in [0.717, 1.165) is 18.4 Å². The molecule has 1 unspecified atom stereocenters. The number of rotatable bonds is 7. The topological polar surface area (TPSA) is 60.4 Å². The van der Waals surface area contributed by atoms with E-state index in [9.17, 15) is 14.4 Å². The van der Waals surface area contributed by atoms with Gasteiger partial charge in [0.15, 0.2) is 0 Å². The molecule has 1 fully saturated rings. The SMILES string of the molecule is O=C(CC(=O)C1CC1)OC(C(=O)c1ccccc1)C(Cl)=CCl. The Kier molecular flexibility index (Phi) is 5.75. The Morgan fingerprint density at radius 1 is 1.23 bits per heavy atom. The smallest absolute Gasteiger partial charge is 0.314 e. The third-order valence-electron chi connectivity index (χ3n) is 3.25. The van der Waals surface area contributed by atoms with Crippen LogP contribution < -0.4 is 0 Å². The van der Waals surface area contributed by atoms with Crippen LogP contribution in [0, 0.1) is 5.92 Å².